The number of benzene rings is 1. The van der Waals surface area contributed by atoms with Crippen molar-refractivity contribution < 1.29 is 18.7 Å². The van der Waals surface area contributed by atoms with E-state index < -0.39 is 22.4 Å². The fourth-order valence-corrected chi connectivity index (χ4v) is 9.25. The summed E-state index contributed by atoms with van der Waals surface area (Å²) >= 11 is 12.2. The fourth-order valence-electron chi connectivity index (χ4n) is 7.04. The Morgan fingerprint density at radius 1 is 1.15 bits per heavy atom. The quantitative estimate of drug-likeness (QED) is 0.451. The molecule has 11 heteroatoms. The molecule has 34 heavy (non-hydrogen) atoms. The standard InChI is InChI=1S/C23H32Cl2N4O4S/c1-13(28-5-2-6-29(34(28,32)33)17-3-4-18(24)19(25)9-17)21(30)27-20-15-7-14-8-16(20)12-23(10-14,11-15)22(26)31/h3-4,9,13-16,20,32-33H,2,5-8,10-12H2,1H3,(H2,26,31)(H,27,30). The van der Waals surface area contributed by atoms with Gasteiger partial charge in [-0.05, 0) is 92.4 Å². The first-order valence-corrected chi connectivity index (χ1v) is 14.1. The smallest absolute Gasteiger partial charge is 0.239 e. The lowest BCUT2D eigenvalue weighted by Crippen LogP contribution is -2.63. The number of hydrogen-bond donors (Lipinski definition) is 4. The Morgan fingerprint density at radius 3 is 2.44 bits per heavy atom. The normalized spacial score (nSPS) is 36.2. The van der Waals surface area contributed by atoms with Gasteiger partial charge in [0.05, 0.1) is 15.7 Å². The van der Waals surface area contributed by atoms with E-state index in [4.69, 9.17) is 28.9 Å². The zero-order valence-corrected chi connectivity index (χ0v) is 21.5. The Hall–Kier alpha value is -1.23. The van der Waals surface area contributed by atoms with Crippen molar-refractivity contribution in [2.24, 2.45) is 28.9 Å². The molecule has 1 aromatic rings. The van der Waals surface area contributed by atoms with Crippen LogP contribution in [0.2, 0.25) is 10.0 Å². The van der Waals surface area contributed by atoms with Gasteiger partial charge < -0.3 is 11.1 Å². The van der Waals surface area contributed by atoms with E-state index in [9.17, 15) is 18.7 Å². The van der Waals surface area contributed by atoms with Crippen molar-refractivity contribution in [2.45, 2.75) is 57.5 Å². The summed E-state index contributed by atoms with van der Waals surface area (Å²) in [5, 5.41) is 3.94. The molecule has 0 aromatic heterocycles. The van der Waals surface area contributed by atoms with Crippen LogP contribution < -0.4 is 15.4 Å². The molecule has 4 aliphatic carbocycles. The minimum Gasteiger partial charge on any atom is -0.369 e. The monoisotopic (exact) mass is 530 g/mol. The first-order valence-electron chi connectivity index (χ1n) is 11.9. The van der Waals surface area contributed by atoms with Crippen molar-refractivity contribution in [1.82, 2.24) is 9.62 Å². The highest BCUT2D eigenvalue weighted by molar-refractivity contribution is 8.23. The second-order valence-electron chi connectivity index (χ2n) is 10.5. The Morgan fingerprint density at radius 2 is 1.82 bits per heavy atom. The highest BCUT2D eigenvalue weighted by atomic mass is 35.5. The van der Waals surface area contributed by atoms with E-state index >= 15 is 0 Å². The van der Waals surface area contributed by atoms with Gasteiger partial charge in [0, 0.05) is 24.5 Å². The minimum atomic E-state index is -3.43. The number of halogens is 2. The number of rotatable bonds is 5. The zero-order valence-electron chi connectivity index (χ0n) is 19.1. The van der Waals surface area contributed by atoms with Gasteiger partial charge in [-0.15, -0.1) is 0 Å². The number of carbonyl (C=O) groups is 2. The lowest BCUT2D eigenvalue weighted by molar-refractivity contribution is -0.147. The van der Waals surface area contributed by atoms with Crippen molar-refractivity contribution in [1.29, 1.82) is 0 Å². The van der Waals surface area contributed by atoms with Gasteiger partial charge >= 0.3 is 0 Å². The van der Waals surface area contributed by atoms with Crippen LogP contribution in [-0.2, 0) is 9.59 Å². The van der Waals surface area contributed by atoms with Crippen molar-refractivity contribution in [3.05, 3.63) is 28.2 Å². The predicted octanol–water partition coefficient (Wildman–Crippen LogP) is 4.27. The summed E-state index contributed by atoms with van der Waals surface area (Å²) in [6.07, 6.45) is 5.03. The van der Waals surface area contributed by atoms with E-state index in [0.29, 0.717) is 41.2 Å². The summed E-state index contributed by atoms with van der Waals surface area (Å²) in [4.78, 5) is 25.6. The number of nitrogens with one attached hydrogen (secondary N) is 1. The molecule has 0 spiro atoms. The van der Waals surface area contributed by atoms with Gasteiger partial charge in [-0.25, -0.2) is 0 Å². The topological polar surface area (TPSA) is 119 Å². The lowest BCUT2D eigenvalue weighted by atomic mass is 9.47. The van der Waals surface area contributed by atoms with Crippen LogP contribution >= 0.6 is 34.2 Å². The third-order valence-corrected chi connectivity index (χ3v) is 11.3. The third-order valence-electron chi connectivity index (χ3n) is 8.46. The number of amides is 2. The number of nitrogens with two attached hydrogens (primary N) is 1. The maximum Gasteiger partial charge on any atom is 0.239 e. The third kappa shape index (κ3) is 3.98. The van der Waals surface area contributed by atoms with E-state index in [-0.39, 0.29) is 29.7 Å². The van der Waals surface area contributed by atoms with E-state index in [1.165, 1.54) is 8.61 Å². The van der Waals surface area contributed by atoms with Gasteiger partial charge in [-0.3, -0.25) is 23.0 Å². The van der Waals surface area contributed by atoms with Crippen molar-refractivity contribution in [3.8, 4) is 0 Å². The molecule has 6 rings (SSSR count). The molecule has 188 valence electrons. The Kier molecular flexibility index (Phi) is 6.27. The molecule has 1 heterocycles. The predicted molar refractivity (Wildman–Crippen MR) is 135 cm³/mol. The molecule has 8 nitrogen and oxygen atoms in total. The van der Waals surface area contributed by atoms with Crippen molar-refractivity contribution >= 4 is 51.7 Å². The van der Waals surface area contributed by atoms with Crippen LogP contribution in [0.5, 0.6) is 0 Å². The molecule has 1 aliphatic heterocycles. The second-order valence-corrected chi connectivity index (χ2v) is 13.2. The van der Waals surface area contributed by atoms with Crippen LogP contribution in [-0.4, -0.2) is 50.4 Å². The molecule has 1 aromatic carbocycles. The molecule has 0 radical (unpaired) electrons. The molecule has 2 amide bonds. The Labute approximate surface area is 211 Å². The van der Waals surface area contributed by atoms with Crippen LogP contribution in [0, 0.1) is 23.2 Å². The van der Waals surface area contributed by atoms with Crippen LogP contribution in [0.15, 0.2) is 18.2 Å². The number of hydrogen-bond acceptors (Lipinski definition) is 6. The Bertz CT molecular complexity index is 995. The van der Waals surface area contributed by atoms with E-state index in [2.05, 4.69) is 5.32 Å². The molecule has 5 fully saturated rings. The summed E-state index contributed by atoms with van der Waals surface area (Å²) in [6, 6.07) is 4.18. The zero-order chi connectivity index (χ0) is 24.4. The first-order chi connectivity index (χ1) is 16.0. The fraction of sp³-hybridized carbons (Fsp3) is 0.652. The average Bonchev–Trinajstić information content (AvgIpc) is 2.76. The number of anilines is 1. The van der Waals surface area contributed by atoms with E-state index in [0.717, 1.165) is 32.1 Å². The van der Waals surface area contributed by atoms with E-state index in [1.54, 1.807) is 25.1 Å². The summed E-state index contributed by atoms with van der Waals surface area (Å²) in [5.74, 6) is 0.564. The van der Waals surface area contributed by atoms with Gasteiger partial charge in [0.25, 0.3) is 0 Å². The molecule has 5 aliphatic rings. The molecule has 4 saturated carbocycles. The van der Waals surface area contributed by atoms with Crippen molar-refractivity contribution in [3.63, 3.8) is 0 Å². The first kappa shape index (κ1) is 24.5. The maximum absolute atomic E-state index is 13.4. The molecular formula is C23H32Cl2N4O4S. The number of carbonyl (C=O) groups excluding carboxylic acids is 2. The van der Waals surface area contributed by atoms with Gasteiger partial charge in [-0.2, -0.15) is 4.31 Å². The summed E-state index contributed by atoms with van der Waals surface area (Å²) < 4.78 is 25.4. The summed E-state index contributed by atoms with van der Waals surface area (Å²) in [7, 11) is -3.43. The molecule has 3 atom stereocenters. The Balaban J connectivity index is 1.30. The van der Waals surface area contributed by atoms with Gasteiger partial charge in [0.1, 0.15) is 6.04 Å². The summed E-state index contributed by atoms with van der Waals surface area (Å²) in [5.41, 5.74) is 5.92. The van der Waals surface area contributed by atoms with E-state index in [1.807, 2.05) is 0 Å². The largest absolute Gasteiger partial charge is 0.369 e. The minimum absolute atomic E-state index is 0.00303. The SMILES string of the molecule is CC(C(=O)NC1C2CC3CC1CC(C(N)=O)(C3)C2)N1CCCN(c2ccc(Cl)c(Cl)c2)S1(O)O. The van der Waals surface area contributed by atoms with Gasteiger partial charge in [0.2, 0.25) is 11.8 Å². The van der Waals surface area contributed by atoms with Gasteiger partial charge in [-0.1, -0.05) is 23.2 Å². The molecule has 4 bridgehead atoms. The average molecular weight is 532 g/mol. The number of nitrogens with zero attached hydrogens (tertiary/aromatic N) is 2. The maximum atomic E-state index is 13.4. The van der Waals surface area contributed by atoms with Gasteiger partial charge in [0.15, 0.2) is 0 Å². The van der Waals surface area contributed by atoms with Crippen LogP contribution in [0.4, 0.5) is 5.69 Å². The van der Waals surface area contributed by atoms with Crippen molar-refractivity contribution in [2.75, 3.05) is 17.4 Å². The lowest BCUT2D eigenvalue weighted by Gasteiger charge is -2.59. The highest BCUT2D eigenvalue weighted by Crippen LogP contribution is 2.60. The van der Waals surface area contributed by atoms with Crippen LogP contribution in [0.25, 0.3) is 0 Å². The summed E-state index contributed by atoms with van der Waals surface area (Å²) in [6.45, 7) is 2.52. The molecule has 5 N–H and O–H groups in total. The molecule has 1 saturated heterocycles. The van der Waals surface area contributed by atoms with Crippen LogP contribution in [0.3, 0.4) is 0 Å². The van der Waals surface area contributed by atoms with Crippen LogP contribution in [0.1, 0.15) is 45.4 Å². The number of primary amides is 1. The highest BCUT2D eigenvalue weighted by Gasteiger charge is 2.58. The molecular weight excluding hydrogens is 499 g/mol. The molecule has 3 unspecified atom stereocenters. The second kappa shape index (κ2) is 8.71.